The van der Waals surface area contributed by atoms with Crippen molar-refractivity contribution < 1.29 is 37.3 Å². The molecule has 0 unspecified atom stereocenters. The Morgan fingerprint density at radius 3 is 2.40 bits per heavy atom. The van der Waals surface area contributed by atoms with E-state index < -0.39 is 41.4 Å². The van der Waals surface area contributed by atoms with Crippen LogP contribution in [-0.2, 0) is 25.8 Å². The van der Waals surface area contributed by atoms with Gasteiger partial charge >= 0.3 is 10.4 Å². The topological polar surface area (TPSA) is 146 Å². The van der Waals surface area contributed by atoms with E-state index in [9.17, 15) is 18.6 Å². The molecule has 4 N–H and O–H groups in total. The second-order valence-corrected chi connectivity index (χ2v) is 7.44. The highest BCUT2D eigenvalue weighted by Crippen LogP contribution is 2.25. The Balaban J connectivity index is 2.03. The highest BCUT2D eigenvalue weighted by atomic mass is 32.3. The average Bonchev–Trinajstić information content (AvgIpc) is 2.85. The largest absolute Gasteiger partial charge is 0.466 e. The fourth-order valence-electron chi connectivity index (χ4n) is 2.26. The predicted molar refractivity (Wildman–Crippen MR) is 90.4 cm³/mol. The van der Waals surface area contributed by atoms with Crippen LogP contribution in [0.3, 0.4) is 0 Å². The lowest BCUT2D eigenvalue weighted by Gasteiger charge is -2.14. The predicted octanol–water partition coefficient (Wildman–Crippen LogP) is -0.423. The lowest BCUT2D eigenvalue weighted by molar-refractivity contribution is -0.0161. The molecule has 1 aliphatic rings. The van der Waals surface area contributed by atoms with Crippen molar-refractivity contribution in [3.63, 3.8) is 0 Å². The summed E-state index contributed by atoms with van der Waals surface area (Å²) in [6.45, 7) is -0.434. The lowest BCUT2D eigenvalue weighted by Crippen LogP contribution is -2.34. The third-order valence-electron chi connectivity index (χ3n) is 3.49. The molecule has 25 heavy (non-hydrogen) atoms. The Bertz CT molecular complexity index is 681. The van der Waals surface area contributed by atoms with Gasteiger partial charge in [-0.2, -0.15) is 8.42 Å². The van der Waals surface area contributed by atoms with Gasteiger partial charge in [-0.1, -0.05) is 35.5 Å². The van der Waals surface area contributed by atoms with Gasteiger partial charge < -0.3 is 20.1 Å². The SMILES string of the molecule is O=S(=O)(O)O/N=C(/Cc1ccccc1)SC[C@H]1O[C@H](CO)[C@@H](O)[C@@H]1O. The van der Waals surface area contributed by atoms with Crippen LogP contribution in [0, 0.1) is 0 Å². The van der Waals surface area contributed by atoms with Crippen LogP contribution in [0.25, 0.3) is 0 Å². The minimum atomic E-state index is -4.74. The molecule has 0 aromatic heterocycles. The summed E-state index contributed by atoms with van der Waals surface area (Å²) in [6.07, 6.45) is -3.83. The Hall–Kier alpha value is -1.21. The van der Waals surface area contributed by atoms with Crippen LogP contribution in [0.4, 0.5) is 0 Å². The number of benzene rings is 1. The number of ether oxygens (including phenoxy) is 1. The van der Waals surface area contributed by atoms with Crippen molar-refractivity contribution in [2.75, 3.05) is 12.4 Å². The lowest BCUT2D eigenvalue weighted by atomic mass is 10.1. The molecule has 0 amide bonds. The molecule has 140 valence electrons. The molecule has 1 heterocycles. The summed E-state index contributed by atoms with van der Waals surface area (Å²) in [6, 6.07) is 9.02. The monoisotopic (exact) mass is 393 g/mol. The van der Waals surface area contributed by atoms with Crippen molar-refractivity contribution in [3.8, 4) is 0 Å². The van der Waals surface area contributed by atoms with Gasteiger partial charge in [-0.3, -0.25) is 4.55 Å². The van der Waals surface area contributed by atoms with Gasteiger partial charge in [-0.15, -0.1) is 11.8 Å². The first-order valence-corrected chi connectivity index (χ1v) is 9.67. The van der Waals surface area contributed by atoms with E-state index >= 15 is 0 Å². The Labute approximate surface area is 149 Å². The molecule has 11 heteroatoms. The van der Waals surface area contributed by atoms with Gasteiger partial charge in [0.1, 0.15) is 23.4 Å². The van der Waals surface area contributed by atoms with Crippen LogP contribution in [0.1, 0.15) is 5.56 Å². The molecule has 9 nitrogen and oxygen atoms in total. The van der Waals surface area contributed by atoms with Crippen molar-refractivity contribution in [1.82, 2.24) is 0 Å². The first-order valence-electron chi connectivity index (χ1n) is 7.32. The summed E-state index contributed by atoms with van der Waals surface area (Å²) in [5.74, 6) is 0.134. The van der Waals surface area contributed by atoms with Crippen molar-refractivity contribution in [2.24, 2.45) is 5.16 Å². The Kier molecular flexibility index (Phi) is 7.19. The van der Waals surface area contributed by atoms with Crippen molar-refractivity contribution in [3.05, 3.63) is 35.9 Å². The summed E-state index contributed by atoms with van der Waals surface area (Å²) in [5.41, 5.74) is 0.828. The second-order valence-electron chi connectivity index (χ2n) is 5.34. The summed E-state index contributed by atoms with van der Waals surface area (Å²) in [4.78, 5) is 0. The highest BCUT2D eigenvalue weighted by molar-refractivity contribution is 8.14. The highest BCUT2D eigenvalue weighted by Gasteiger charge is 2.42. The number of nitrogens with zero attached hydrogens (tertiary/aromatic N) is 1. The fraction of sp³-hybridized carbons (Fsp3) is 0.500. The number of rotatable bonds is 7. The zero-order chi connectivity index (χ0) is 18.4. The summed E-state index contributed by atoms with van der Waals surface area (Å²) < 4.78 is 39.5. The number of hydrogen-bond acceptors (Lipinski definition) is 9. The number of thioether (sulfide) groups is 1. The third-order valence-corrected chi connectivity index (χ3v) is 4.80. The molecule has 1 aromatic carbocycles. The molecule has 2 rings (SSSR count). The minimum Gasteiger partial charge on any atom is -0.394 e. The standard InChI is InChI=1S/C14H19NO8S2/c16-7-10-13(17)14(18)11(22-10)8-24-12(15-23-25(19,20)21)6-9-4-2-1-3-5-9/h1-5,10-11,13-14,16-18H,6-8H2,(H,19,20,21)/b15-12-/t10-,11-,13-,14-/m1/s1. The van der Waals surface area contributed by atoms with Crippen LogP contribution in [-0.4, -0.2) is 70.1 Å². The molecular weight excluding hydrogens is 374 g/mol. The zero-order valence-electron chi connectivity index (χ0n) is 13.0. The molecular formula is C14H19NO8S2. The van der Waals surface area contributed by atoms with E-state index in [1.165, 1.54) is 0 Å². The van der Waals surface area contributed by atoms with Crippen molar-refractivity contribution in [2.45, 2.75) is 30.8 Å². The van der Waals surface area contributed by atoms with E-state index in [2.05, 4.69) is 9.44 Å². The molecule has 0 bridgehead atoms. The van der Waals surface area contributed by atoms with Crippen LogP contribution in [0.15, 0.2) is 35.5 Å². The van der Waals surface area contributed by atoms with Crippen LogP contribution >= 0.6 is 11.8 Å². The molecule has 0 spiro atoms. The molecule has 0 aliphatic carbocycles. The summed E-state index contributed by atoms with van der Waals surface area (Å²) >= 11 is 1.04. The maximum absolute atomic E-state index is 10.7. The molecule has 1 aliphatic heterocycles. The van der Waals surface area contributed by atoms with Crippen molar-refractivity contribution >= 4 is 27.2 Å². The van der Waals surface area contributed by atoms with Crippen molar-refractivity contribution in [1.29, 1.82) is 0 Å². The Morgan fingerprint density at radius 2 is 1.84 bits per heavy atom. The maximum Gasteiger partial charge on any atom is 0.466 e. The van der Waals surface area contributed by atoms with Crippen LogP contribution < -0.4 is 0 Å². The van der Waals surface area contributed by atoms with E-state index in [0.717, 1.165) is 17.3 Å². The van der Waals surface area contributed by atoms with Gasteiger partial charge in [-0.25, -0.2) is 4.28 Å². The van der Waals surface area contributed by atoms with E-state index in [0.29, 0.717) is 0 Å². The summed E-state index contributed by atoms with van der Waals surface area (Å²) in [7, 11) is -4.74. The van der Waals surface area contributed by atoms with E-state index in [-0.39, 0.29) is 17.2 Å². The van der Waals surface area contributed by atoms with E-state index in [4.69, 9.17) is 14.4 Å². The Morgan fingerprint density at radius 1 is 1.20 bits per heavy atom. The average molecular weight is 393 g/mol. The number of aliphatic hydroxyl groups is 3. The van der Waals surface area contributed by atoms with E-state index in [1.54, 1.807) is 24.3 Å². The number of aliphatic hydroxyl groups excluding tert-OH is 3. The molecule has 1 saturated heterocycles. The summed E-state index contributed by atoms with van der Waals surface area (Å²) in [5, 5.41) is 32.4. The van der Waals surface area contributed by atoms with Gasteiger partial charge in [0, 0.05) is 12.2 Å². The first kappa shape index (κ1) is 20.1. The maximum atomic E-state index is 10.7. The molecule has 0 radical (unpaired) electrons. The van der Waals surface area contributed by atoms with Gasteiger partial charge in [-0.05, 0) is 5.56 Å². The minimum absolute atomic E-state index is 0.134. The fourth-order valence-corrected chi connectivity index (χ4v) is 3.48. The number of hydrogen-bond donors (Lipinski definition) is 4. The van der Waals surface area contributed by atoms with Gasteiger partial charge in [0.25, 0.3) is 0 Å². The van der Waals surface area contributed by atoms with Crippen LogP contribution in [0.2, 0.25) is 0 Å². The smallest absolute Gasteiger partial charge is 0.394 e. The van der Waals surface area contributed by atoms with Gasteiger partial charge in [0.15, 0.2) is 0 Å². The number of oxime groups is 1. The second kappa shape index (κ2) is 8.94. The molecule has 4 atom stereocenters. The molecule has 1 aromatic rings. The zero-order valence-corrected chi connectivity index (χ0v) is 14.6. The molecule has 0 saturated carbocycles. The third kappa shape index (κ3) is 6.22. The van der Waals surface area contributed by atoms with Gasteiger partial charge in [0.2, 0.25) is 0 Å². The normalized spacial score (nSPS) is 27.4. The van der Waals surface area contributed by atoms with Crippen LogP contribution in [0.5, 0.6) is 0 Å². The first-order chi connectivity index (χ1) is 11.8. The van der Waals surface area contributed by atoms with E-state index in [1.807, 2.05) is 6.07 Å². The molecule has 1 fully saturated rings. The quantitative estimate of drug-likeness (QED) is 0.210. The van der Waals surface area contributed by atoms with Gasteiger partial charge in [0.05, 0.1) is 12.7 Å².